The zero-order chi connectivity index (χ0) is 17.0. The summed E-state index contributed by atoms with van der Waals surface area (Å²) in [5.74, 6) is -0.521. The number of carbonyl (C=O) groups is 2. The summed E-state index contributed by atoms with van der Waals surface area (Å²) in [5.41, 5.74) is 1.27. The molecule has 1 heterocycles. The lowest BCUT2D eigenvalue weighted by atomic mass is 10.2. The minimum Gasteiger partial charge on any atom is -0.495 e. The van der Waals surface area contributed by atoms with Crippen molar-refractivity contribution in [2.45, 2.75) is 38.9 Å². The zero-order valence-corrected chi connectivity index (χ0v) is 14.1. The van der Waals surface area contributed by atoms with Gasteiger partial charge >= 0.3 is 5.97 Å². The fourth-order valence-corrected chi connectivity index (χ4v) is 2.39. The van der Waals surface area contributed by atoms with E-state index in [2.05, 4.69) is 5.32 Å². The van der Waals surface area contributed by atoms with Crippen LogP contribution in [-0.4, -0.2) is 37.8 Å². The first-order valence-corrected chi connectivity index (χ1v) is 7.77. The third-order valence-corrected chi connectivity index (χ3v) is 4.00. The van der Waals surface area contributed by atoms with Gasteiger partial charge in [-0.3, -0.25) is 4.79 Å². The van der Waals surface area contributed by atoms with Gasteiger partial charge in [-0.25, -0.2) is 4.79 Å². The van der Waals surface area contributed by atoms with Gasteiger partial charge in [0.1, 0.15) is 5.75 Å². The van der Waals surface area contributed by atoms with E-state index in [4.69, 9.17) is 25.8 Å². The van der Waals surface area contributed by atoms with Crippen LogP contribution in [-0.2, 0) is 19.1 Å². The summed E-state index contributed by atoms with van der Waals surface area (Å²) in [7, 11) is 1.48. The lowest BCUT2D eigenvalue weighted by Gasteiger charge is -2.17. The largest absolute Gasteiger partial charge is 0.495 e. The van der Waals surface area contributed by atoms with Gasteiger partial charge in [0, 0.05) is 17.7 Å². The summed E-state index contributed by atoms with van der Waals surface area (Å²) in [6.45, 7) is 3.87. The first kappa shape index (κ1) is 17.6. The fraction of sp³-hybridized carbons (Fsp3) is 0.500. The Morgan fingerprint density at radius 3 is 2.78 bits per heavy atom. The molecule has 1 aliphatic heterocycles. The third kappa shape index (κ3) is 4.36. The normalized spacial score (nSPS) is 18.3. The van der Waals surface area contributed by atoms with Gasteiger partial charge in [0.25, 0.3) is 5.91 Å². The maximum absolute atomic E-state index is 12.2. The fourth-order valence-electron chi connectivity index (χ4n) is 2.23. The summed E-state index contributed by atoms with van der Waals surface area (Å²) in [4.78, 5) is 24.1. The molecule has 1 saturated heterocycles. The van der Waals surface area contributed by atoms with Gasteiger partial charge in [0.2, 0.25) is 0 Å². The molecule has 0 radical (unpaired) electrons. The van der Waals surface area contributed by atoms with E-state index in [1.165, 1.54) is 14.0 Å². The molecule has 0 bridgehead atoms. The van der Waals surface area contributed by atoms with E-state index < -0.39 is 24.1 Å². The van der Waals surface area contributed by atoms with E-state index in [0.29, 0.717) is 29.5 Å². The SMILES string of the molecule is COc1cc(Cl)c(C)cc1NC(=O)[C@H](C)OC(=O)[C@@H]1CCCO1. The number of anilines is 1. The number of nitrogens with one attached hydrogen (secondary N) is 1. The number of hydrogen-bond acceptors (Lipinski definition) is 5. The van der Waals surface area contributed by atoms with Crippen LogP contribution in [0, 0.1) is 6.92 Å². The van der Waals surface area contributed by atoms with Crippen molar-refractivity contribution >= 4 is 29.2 Å². The van der Waals surface area contributed by atoms with Crippen molar-refractivity contribution in [1.29, 1.82) is 0 Å². The maximum atomic E-state index is 12.2. The monoisotopic (exact) mass is 341 g/mol. The predicted molar refractivity (Wildman–Crippen MR) is 85.9 cm³/mol. The molecule has 2 atom stereocenters. The van der Waals surface area contributed by atoms with Gasteiger partial charge in [-0.2, -0.15) is 0 Å². The molecular weight excluding hydrogens is 322 g/mol. The standard InChI is InChI=1S/C16H20ClNO5/c1-9-7-12(14(21-3)8-11(9)17)18-15(19)10(2)23-16(20)13-5-4-6-22-13/h7-8,10,13H,4-6H2,1-3H3,(H,18,19)/t10-,13-/m0/s1. The van der Waals surface area contributed by atoms with Crippen molar-refractivity contribution in [3.05, 3.63) is 22.7 Å². The van der Waals surface area contributed by atoms with Crippen LogP contribution in [0.5, 0.6) is 5.75 Å². The van der Waals surface area contributed by atoms with Crippen LogP contribution in [0.4, 0.5) is 5.69 Å². The molecule has 6 nitrogen and oxygen atoms in total. The molecule has 1 N–H and O–H groups in total. The highest BCUT2D eigenvalue weighted by Gasteiger charge is 2.28. The number of ether oxygens (including phenoxy) is 3. The second-order valence-corrected chi connectivity index (χ2v) is 5.78. The molecular formula is C16H20ClNO5. The lowest BCUT2D eigenvalue weighted by molar-refractivity contribution is -0.162. The van der Waals surface area contributed by atoms with Crippen LogP contribution < -0.4 is 10.1 Å². The van der Waals surface area contributed by atoms with Crippen molar-refractivity contribution in [3.63, 3.8) is 0 Å². The van der Waals surface area contributed by atoms with E-state index in [0.717, 1.165) is 12.0 Å². The van der Waals surface area contributed by atoms with Crippen molar-refractivity contribution in [3.8, 4) is 5.75 Å². The number of rotatable bonds is 5. The topological polar surface area (TPSA) is 73.9 Å². The molecule has 1 aromatic rings. The summed E-state index contributed by atoms with van der Waals surface area (Å²) < 4.78 is 15.6. The number of esters is 1. The first-order valence-electron chi connectivity index (χ1n) is 7.39. The Labute approximate surface area is 140 Å². The minimum absolute atomic E-state index is 0.437. The maximum Gasteiger partial charge on any atom is 0.336 e. The van der Waals surface area contributed by atoms with Gasteiger partial charge in [-0.05, 0) is 38.3 Å². The highest BCUT2D eigenvalue weighted by molar-refractivity contribution is 6.31. The number of aryl methyl sites for hydroxylation is 1. The lowest BCUT2D eigenvalue weighted by Crippen LogP contribution is -2.34. The Morgan fingerprint density at radius 1 is 1.43 bits per heavy atom. The van der Waals surface area contributed by atoms with Gasteiger partial charge in [-0.15, -0.1) is 0 Å². The van der Waals surface area contributed by atoms with E-state index in [-0.39, 0.29) is 0 Å². The Hall–Kier alpha value is -1.79. The Morgan fingerprint density at radius 2 is 2.17 bits per heavy atom. The molecule has 2 rings (SSSR count). The second kappa shape index (κ2) is 7.66. The smallest absolute Gasteiger partial charge is 0.336 e. The highest BCUT2D eigenvalue weighted by atomic mass is 35.5. The first-order chi connectivity index (χ1) is 10.9. The molecule has 0 saturated carbocycles. The molecule has 0 spiro atoms. The number of methoxy groups -OCH3 is 1. The number of benzene rings is 1. The van der Waals surface area contributed by atoms with E-state index in [1.807, 2.05) is 6.92 Å². The van der Waals surface area contributed by atoms with Crippen LogP contribution in [0.3, 0.4) is 0 Å². The summed E-state index contributed by atoms with van der Waals surface area (Å²) >= 11 is 6.03. The Balaban J connectivity index is 2.00. The van der Waals surface area contributed by atoms with Crippen LogP contribution in [0.2, 0.25) is 5.02 Å². The van der Waals surface area contributed by atoms with E-state index in [9.17, 15) is 9.59 Å². The molecule has 126 valence electrons. The molecule has 1 fully saturated rings. The van der Waals surface area contributed by atoms with Crippen LogP contribution in [0.25, 0.3) is 0 Å². The number of amides is 1. The molecule has 0 aliphatic carbocycles. The van der Waals surface area contributed by atoms with Crippen molar-refractivity contribution < 1.29 is 23.8 Å². The van der Waals surface area contributed by atoms with E-state index in [1.54, 1.807) is 12.1 Å². The van der Waals surface area contributed by atoms with Crippen molar-refractivity contribution in [2.24, 2.45) is 0 Å². The quantitative estimate of drug-likeness (QED) is 0.833. The Kier molecular flexibility index (Phi) is 5.85. The van der Waals surface area contributed by atoms with Gasteiger partial charge in [-0.1, -0.05) is 11.6 Å². The van der Waals surface area contributed by atoms with Gasteiger partial charge in [0.05, 0.1) is 12.8 Å². The second-order valence-electron chi connectivity index (χ2n) is 5.37. The number of carbonyl (C=O) groups excluding carboxylic acids is 2. The third-order valence-electron chi connectivity index (χ3n) is 3.59. The van der Waals surface area contributed by atoms with Gasteiger partial charge < -0.3 is 19.5 Å². The van der Waals surface area contributed by atoms with Crippen LogP contribution in [0.15, 0.2) is 12.1 Å². The molecule has 23 heavy (non-hydrogen) atoms. The molecule has 0 aromatic heterocycles. The average Bonchev–Trinajstić information content (AvgIpc) is 3.04. The number of hydrogen-bond donors (Lipinski definition) is 1. The minimum atomic E-state index is -0.938. The summed E-state index contributed by atoms with van der Waals surface area (Å²) in [6, 6.07) is 3.32. The molecule has 1 amide bonds. The van der Waals surface area contributed by atoms with Crippen molar-refractivity contribution in [1.82, 2.24) is 0 Å². The molecule has 1 aliphatic rings. The van der Waals surface area contributed by atoms with Crippen LogP contribution >= 0.6 is 11.6 Å². The van der Waals surface area contributed by atoms with Crippen LogP contribution in [0.1, 0.15) is 25.3 Å². The van der Waals surface area contributed by atoms with Crippen molar-refractivity contribution in [2.75, 3.05) is 19.0 Å². The van der Waals surface area contributed by atoms with Gasteiger partial charge in [0.15, 0.2) is 12.2 Å². The summed E-state index contributed by atoms with van der Waals surface area (Å²) in [6.07, 6.45) is -0.0659. The molecule has 0 unspecified atom stereocenters. The van der Waals surface area contributed by atoms with E-state index >= 15 is 0 Å². The Bertz CT molecular complexity index is 598. The zero-order valence-electron chi connectivity index (χ0n) is 13.3. The highest BCUT2D eigenvalue weighted by Crippen LogP contribution is 2.31. The molecule has 1 aromatic carbocycles. The predicted octanol–water partition coefficient (Wildman–Crippen LogP) is 2.71. The molecule has 7 heteroatoms. The number of halogens is 1. The summed E-state index contributed by atoms with van der Waals surface area (Å²) in [5, 5.41) is 3.22. The average molecular weight is 342 g/mol.